The number of rotatable bonds is 8. The van der Waals surface area contributed by atoms with Crippen LogP contribution in [0.2, 0.25) is 10.0 Å². The fraction of sp³-hybridized carbons (Fsp3) is 0.417. The molecular formula is C24H28Cl2N2O4. The van der Waals surface area contributed by atoms with Crippen LogP contribution in [0.5, 0.6) is 0 Å². The van der Waals surface area contributed by atoms with Crippen LogP contribution in [0.25, 0.3) is 0 Å². The molecule has 2 aromatic rings. The van der Waals surface area contributed by atoms with Crippen molar-refractivity contribution in [2.45, 2.75) is 39.0 Å². The molecule has 0 bridgehead atoms. The molecule has 0 radical (unpaired) electrons. The van der Waals surface area contributed by atoms with E-state index >= 15 is 0 Å². The Kier molecular flexibility index (Phi) is 8.93. The molecule has 1 heterocycles. The number of benzene rings is 2. The minimum absolute atomic E-state index is 0.218. The maximum Gasteiger partial charge on any atom is 0.325 e. The van der Waals surface area contributed by atoms with E-state index in [2.05, 4.69) is 0 Å². The molecule has 0 aliphatic carbocycles. The van der Waals surface area contributed by atoms with Gasteiger partial charge in [-0.2, -0.15) is 0 Å². The third-order valence-corrected chi connectivity index (χ3v) is 6.22. The lowest BCUT2D eigenvalue weighted by atomic mass is 9.99. The van der Waals surface area contributed by atoms with E-state index in [-0.39, 0.29) is 13.2 Å². The molecule has 0 N–H and O–H groups in total. The van der Waals surface area contributed by atoms with Crippen LogP contribution < -0.4 is 0 Å². The van der Waals surface area contributed by atoms with Gasteiger partial charge in [-0.3, -0.25) is 19.4 Å². The summed E-state index contributed by atoms with van der Waals surface area (Å²) in [6, 6.07) is 13.3. The number of carbonyl (C=O) groups excluding carboxylic acids is 2. The first kappa shape index (κ1) is 24.5. The number of piperazine rings is 1. The highest BCUT2D eigenvalue weighted by atomic mass is 35.5. The van der Waals surface area contributed by atoms with Gasteiger partial charge >= 0.3 is 11.9 Å². The van der Waals surface area contributed by atoms with Crippen molar-refractivity contribution in [3.8, 4) is 0 Å². The van der Waals surface area contributed by atoms with Crippen molar-refractivity contribution in [2.24, 2.45) is 0 Å². The topological polar surface area (TPSA) is 59.1 Å². The number of esters is 2. The highest BCUT2D eigenvalue weighted by Gasteiger charge is 2.47. The summed E-state index contributed by atoms with van der Waals surface area (Å²) in [4.78, 5) is 30.1. The molecule has 1 aliphatic rings. The Labute approximate surface area is 199 Å². The summed E-state index contributed by atoms with van der Waals surface area (Å²) in [6.45, 7) is 5.87. The smallest absolute Gasteiger partial charge is 0.325 e. The second-order valence-corrected chi connectivity index (χ2v) is 8.33. The molecule has 0 saturated carbocycles. The molecule has 1 aliphatic heterocycles. The van der Waals surface area contributed by atoms with Crippen LogP contribution in [-0.2, 0) is 32.2 Å². The van der Waals surface area contributed by atoms with Gasteiger partial charge in [0.15, 0.2) is 0 Å². The number of hydrogen-bond acceptors (Lipinski definition) is 6. The molecule has 0 spiro atoms. The Morgan fingerprint density at radius 3 is 1.50 bits per heavy atom. The molecule has 6 nitrogen and oxygen atoms in total. The van der Waals surface area contributed by atoms with Gasteiger partial charge in [0.25, 0.3) is 0 Å². The molecule has 172 valence electrons. The van der Waals surface area contributed by atoms with Crippen LogP contribution >= 0.6 is 23.2 Å². The summed E-state index contributed by atoms with van der Waals surface area (Å²) in [6.07, 6.45) is 0. The highest BCUT2D eigenvalue weighted by Crippen LogP contribution is 2.27. The predicted octanol–water partition coefficient (Wildman–Crippen LogP) is 4.17. The normalized spacial score (nSPS) is 19.5. The van der Waals surface area contributed by atoms with E-state index in [1.807, 2.05) is 58.3 Å². The minimum atomic E-state index is -0.832. The average molecular weight is 479 g/mol. The lowest BCUT2D eigenvalue weighted by Crippen LogP contribution is -2.65. The molecule has 0 amide bonds. The standard InChI is InChI=1S/C24H28Cl2N2O4/c1-3-31-23(29)21-22(24(30)32-4-2)28(16-18-10-6-8-12-20(18)26)14-13-27(21)15-17-9-5-7-11-19(17)25/h5-12,21-22H,3-4,13-16H2,1-2H3. The first-order valence-electron chi connectivity index (χ1n) is 10.7. The summed E-state index contributed by atoms with van der Waals surface area (Å²) in [5, 5.41) is 1.22. The molecule has 2 unspecified atom stereocenters. The van der Waals surface area contributed by atoms with Crippen LogP contribution in [0, 0.1) is 0 Å². The molecule has 8 heteroatoms. The van der Waals surface area contributed by atoms with Crippen LogP contribution in [0.1, 0.15) is 25.0 Å². The number of carbonyl (C=O) groups is 2. The van der Waals surface area contributed by atoms with Gasteiger partial charge in [-0.1, -0.05) is 59.6 Å². The summed E-state index contributed by atoms with van der Waals surface area (Å²) >= 11 is 12.7. The fourth-order valence-corrected chi connectivity index (χ4v) is 4.38. The molecule has 1 fully saturated rings. The van der Waals surface area contributed by atoms with Gasteiger partial charge in [-0.15, -0.1) is 0 Å². The first-order chi connectivity index (χ1) is 15.5. The van der Waals surface area contributed by atoms with Crippen molar-refractivity contribution in [3.63, 3.8) is 0 Å². The van der Waals surface area contributed by atoms with Gasteiger partial charge in [0, 0.05) is 36.2 Å². The van der Waals surface area contributed by atoms with Crippen LogP contribution in [-0.4, -0.2) is 60.1 Å². The summed E-state index contributed by atoms with van der Waals surface area (Å²) < 4.78 is 10.8. The molecule has 3 rings (SSSR count). The first-order valence-corrected chi connectivity index (χ1v) is 11.5. The number of ether oxygens (including phenoxy) is 2. The van der Waals surface area contributed by atoms with Gasteiger partial charge in [0.05, 0.1) is 13.2 Å². The molecular weight excluding hydrogens is 451 g/mol. The van der Waals surface area contributed by atoms with E-state index in [4.69, 9.17) is 32.7 Å². The lowest BCUT2D eigenvalue weighted by molar-refractivity contribution is -0.169. The average Bonchev–Trinajstić information content (AvgIpc) is 2.77. The van der Waals surface area contributed by atoms with Gasteiger partial charge in [-0.05, 0) is 37.1 Å². The van der Waals surface area contributed by atoms with Crippen molar-refractivity contribution < 1.29 is 19.1 Å². The van der Waals surface area contributed by atoms with Crippen LogP contribution in [0.3, 0.4) is 0 Å². The van der Waals surface area contributed by atoms with Gasteiger partial charge in [0.2, 0.25) is 0 Å². The van der Waals surface area contributed by atoms with E-state index in [0.717, 1.165) is 11.1 Å². The lowest BCUT2D eigenvalue weighted by Gasteiger charge is -2.45. The van der Waals surface area contributed by atoms with E-state index in [0.29, 0.717) is 36.2 Å². The SMILES string of the molecule is CCOC(=O)C1C(C(=O)OCC)N(Cc2ccccc2Cl)CCN1Cc1ccccc1Cl. The number of halogens is 2. The second-order valence-electron chi connectivity index (χ2n) is 7.52. The van der Waals surface area contributed by atoms with Crippen LogP contribution in [0.4, 0.5) is 0 Å². The Morgan fingerprint density at radius 1 is 0.781 bits per heavy atom. The summed E-state index contributed by atoms with van der Waals surface area (Å²) in [5.41, 5.74) is 1.76. The van der Waals surface area contributed by atoms with Crippen molar-refractivity contribution in [3.05, 3.63) is 69.7 Å². The zero-order valence-corrected chi connectivity index (χ0v) is 19.8. The van der Waals surface area contributed by atoms with Crippen molar-refractivity contribution in [1.29, 1.82) is 0 Å². The molecule has 2 atom stereocenters. The second kappa shape index (κ2) is 11.7. The minimum Gasteiger partial charge on any atom is -0.465 e. The van der Waals surface area contributed by atoms with E-state index in [1.54, 1.807) is 13.8 Å². The Hall–Kier alpha value is -2.12. The van der Waals surface area contributed by atoms with E-state index < -0.39 is 24.0 Å². The van der Waals surface area contributed by atoms with Crippen molar-refractivity contribution in [2.75, 3.05) is 26.3 Å². The molecule has 32 heavy (non-hydrogen) atoms. The predicted molar refractivity (Wildman–Crippen MR) is 125 cm³/mol. The fourth-order valence-electron chi connectivity index (χ4n) is 3.99. The van der Waals surface area contributed by atoms with Crippen molar-refractivity contribution >= 4 is 35.1 Å². The molecule has 0 aromatic heterocycles. The zero-order valence-electron chi connectivity index (χ0n) is 18.3. The van der Waals surface area contributed by atoms with Gasteiger partial charge in [-0.25, -0.2) is 0 Å². The van der Waals surface area contributed by atoms with Gasteiger partial charge < -0.3 is 9.47 Å². The molecule has 2 aromatic carbocycles. The van der Waals surface area contributed by atoms with E-state index in [9.17, 15) is 9.59 Å². The highest BCUT2D eigenvalue weighted by molar-refractivity contribution is 6.31. The Balaban J connectivity index is 1.96. The largest absolute Gasteiger partial charge is 0.465 e. The zero-order chi connectivity index (χ0) is 23.1. The van der Waals surface area contributed by atoms with Gasteiger partial charge in [0.1, 0.15) is 12.1 Å². The van der Waals surface area contributed by atoms with E-state index in [1.165, 1.54) is 0 Å². The number of nitrogens with zero attached hydrogens (tertiary/aromatic N) is 2. The maximum absolute atomic E-state index is 13.1. The molecule has 1 saturated heterocycles. The van der Waals surface area contributed by atoms with Crippen LogP contribution in [0.15, 0.2) is 48.5 Å². The Morgan fingerprint density at radius 2 is 1.16 bits per heavy atom. The van der Waals surface area contributed by atoms with Crippen molar-refractivity contribution in [1.82, 2.24) is 9.80 Å². The summed E-state index contributed by atoms with van der Waals surface area (Å²) in [7, 11) is 0. The third-order valence-electron chi connectivity index (χ3n) is 5.48. The number of hydrogen-bond donors (Lipinski definition) is 0. The monoisotopic (exact) mass is 478 g/mol. The Bertz CT molecular complexity index is 864. The maximum atomic E-state index is 13.1. The summed E-state index contributed by atoms with van der Waals surface area (Å²) in [5.74, 6) is -0.914. The third kappa shape index (κ3) is 5.81. The quantitative estimate of drug-likeness (QED) is 0.530.